The minimum absolute atomic E-state index is 0.567. The van der Waals surface area contributed by atoms with Gasteiger partial charge in [0, 0.05) is 6.20 Å². The Bertz CT molecular complexity index is 422. The number of terminal acetylenes is 1. The maximum absolute atomic E-state index is 5.15. The molecule has 1 N–H and O–H groups in total. The van der Waals surface area contributed by atoms with E-state index in [0.717, 1.165) is 11.2 Å². The van der Waals surface area contributed by atoms with Crippen molar-refractivity contribution in [2.75, 3.05) is 0 Å². The number of aromatic amines is 1. The molecule has 0 atom stereocenters. The predicted octanol–water partition coefficient (Wildman–Crippen LogP) is 0.939. The molecule has 0 spiro atoms. The van der Waals surface area contributed by atoms with Crippen LogP contribution in [0.25, 0.3) is 11.2 Å². The molecule has 11 heavy (non-hydrogen) atoms. The van der Waals surface area contributed by atoms with Crippen molar-refractivity contribution in [3.05, 3.63) is 24.2 Å². The maximum Gasteiger partial charge on any atom is 0.156 e. The number of aromatic nitrogens is 3. The van der Waals surface area contributed by atoms with Gasteiger partial charge in [-0.15, -0.1) is 6.42 Å². The van der Waals surface area contributed by atoms with Crippen LogP contribution in [-0.4, -0.2) is 15.0 Å². The van der Waals surface area contributed by atoms with Gasteiger partial charge in [-0.05, 0) is 12.0 Å². The number of nitrogens with zero attached hydrogens (tertiary/aromatic N) is 2. The Morgan fingerprint density at radius 3 is 3.27 bits per heavy atom. The summed E-state index contributed by atoms with van der Waals surface area (Å²) < 4.78 is 0. The highest BCUT2D eigenvalue weighted by molar-refractivity contribution is 5.70. The lowest BCUT2D eigenvalue weighted by Gasteiger charge is -1.88. The quantitative estimate of drug-likeness (QED) is 0.557. The van der Waals surface area contributed by atoms with E-state index in [0.29, 0.717) is 5.69 Å². The third kappa shape index (κ3) is 0.849. The van der Waals surface area contributed by atoms with Gasteiger partial charge in [0.1, 0.15) is 11.2 Å². The van der Waals surface area contributed by atoms with Crippen LogP contribution in [0.4, 0.5) is 0 Å². The van der Waals surface area contributed by atoms with E-state index in [4.69, 9.17) is 6.42 Å². The van der Waals surface area contributed by atoms with E-state index in [1.165, 1.54) is 0 Å². The van der Waals surface area contributed by atoms with Crippen LogP contribution >= 0.6 is 0 Å². The molecule has 0 saturated carbocycles. The van der Waals surface area contributed by atoms with E-state index in [2.05, 4.69) is 20.9 Å². The average molecular weight is 143 g/mol. The van der Waals surface area contributed by atoms with E-state index in [1.807, 2.05) is 6.07 Å². The summed E-state index contributed by atoms with van der Waals surface area (Å²) >= 11 is 0. The van der Waals surface area contributed by atoms with Gasteiger partial charge in [0.2, 0.25) is 0 Å². The van der Waals surface area contributed by atoms with Crippen LogP contribution in [-0.2, 0) is 0 Å². The van der Waals surface area contributed by atoms with Gasteiger partial charge in [0.05, 0.1) is 6.20 Å². The first-order chi connectivity index (χ1) is 5.40. The normalized spacial score (nSPS) is 9.73. The van der Waals surface area contributed by atoms with Gasteiger partial charge in [-0.2, -0.15) is 0 Å². The largest absolute Gasteiger partial charge is 0.345 e. The van der Waals surface area contributed by atoms with Crippen LogP contribution in [0.15, 0.2) is 18.5 Å². The molecule has 0 unspecified atom stereocenters. The molecular weight excluding hydrogens is 138 g/mol. The molecule has 3 heteroatoms. The van der Waals surface area contributed by atoms with Crippen molar-refractivity contribution >= 4 is 11.2 Å². The van der Waals surface area contributed by atoms with Crippen molar-refractivity contribution in [2.45, 2.75) is 0 Å². The van der Waals surface area contributed by atoms with Gasteiger partial charge >= 0.3 is 0 Å². The van der Waals surface area contributed by atoms with Crippen LogP contribution in [0.1, 0.15) is 5.69 Å². The Hall–Kier alpha value is -1.82. The van der Waals surface area contributed by atoms with Gasteiger partial charge in [0.15, 0.2) is 5.65 Å². The molecule has 2 aromatic rings. The molecule has 0 fully saturated rings. The molecule has 2 aromatic heterocycles. The Labute approximate surface area is 63.5 Å². The second-order valence-electron chi connectivity index (χ2n) is 2.11. The molecule has 0 aliphatic carbocycles. The standard InChI is InChI=1S/C8H5N3/c1-2-6-5-10-8-7(11-6)3-4-9-8/h1,3-5H,(H,9,10). The highest BCUT2D eigenvalue weighted by atomic mass is 14.9. The summed E-state index contributed by atoms with van der Waals surface area (Å²) in [5.41, 5.74) is 2.14. The Morgan fingerprint density at radius 2 is 2.45 bits per heavy atom. The summed E-state index contributed by atoms with van der Waals surface area (Å²) in [6, 6.07) is 1.84. The van der Waals surface area contributed by atoms with Crippen molar-refractivity contribution < 1.29 is 0 Å². The van der Waals surface area contributed by atoms with Crippen LogP contribution < -0.4 is 0 Å². The summed E-state index contributed by atoms with van der Waals surface area (Å²) in [4.78, 5) is 11.1. The first kappa shape index (κ1) is 5.93. The summed E-state index contributed by atoms with van der Waals surface area (Å²) in [6.45, 7) is 0. The number of rotatable bonds is 0. The second-order valence-corrected chi connectivity index (χ2v) is 2.11. The highest BCUT2D eigenvalue weighted by Gasteiger charge is 1.95. The smallest absolute Gasteiger partial charge is 0.156 e. The monoisotopic (exact) mass is 143 g/mol. The van der Waals surface area contributed by atoms with Gasteiger partial charge < -0.3 is 4.98 Å². The fourth-order valence-corrected chi connectivity index (χ4v) is 0.900. The van der Waals surface area contributed by atoms with Crippen molar-refractivity contribution in [2.24, 2.45) is 0 Å². The van der Waals surface area contributed by atoms with E-state index < -0.39 is 0 Å². The van der Waals surface area contributed by atoms with Crippen molar-refractivity contribution in [1.29, 1.82) is 0 Å². The van der Waals surface area contributed by atoms with Crippen LogP contribution in [0, 0.1) is 12.3 Å². The van der Waals surface area contributed by atoms with E-state index in [9.17, 15) is 0 Å². The maximum atomic E-state index is 5.15. The van der Waals surface area contributed by atoms with Gasteiger partial charge in [-0.1, -0.05) is 0 Å². The fraction of sp³-hybridized carbons (Fsp3) is 0. The predicted molar refractivity (Wildman–Crippen MR) is 41.8 cm³/mol. The number of fused-ring (bicyclic) bond motifs is 1. The summed E-state index contributed by atoms with van der Waals surface area (Å²) in [5, 5.41) is 0. The number of hydrogen-bond donors (Lipinski definition) is 1. The van der Waals surface area contributed by atoms with Crippen molar-refractivity contribution in [1.82, 2.24) is 15.0 Å². The van der Waals surface area contributed by atoms with Gasteiger partial charge in [-0.3, -0.25) is 0 Å². The van der Waals surface area contributed by atoms with Crippen molar-refractivity contribution in [3.8, 4) is 12.3 Å². The van der Waals surface area contributed by atoms with E-state index >= 15 is 0 Å². The van der Waals surface area contributed by atoms with E-state index in [1.54, 1.807) is 12.4 Å². The molecule has 0 radical (unpaired) electrons. The zero-order valence-electron chi connectivity index (χ0n) is 5.70. The summed E-state index contributed by atoms with van der Waals surface area (Å²) in [7, 11) is 0. The molecule has 0 amide bonds. The first-order valence-electron chi connectivity index (χ1n) is 3.17. The minimum atomic E-state index is 0.567. The molecule has 52 valence electrons. The lowest BCUT2D eigenvalue weighted by molar-refractivity contribution is 1.24. The molecule has 0 aliphatic rings. The number of hydrogen-bond acceptors (Lipinski definition) is 2. The zero-order valence-corrected chi connectivity index (χ0v) is 5.70. The van der Waals surface area contributed by atoms with Crippen LogP contribution in [0.3, 0.4) is 0 Å². The second kappa shape index (κ2) is 2.10. The molecule has 0 saturated heterocycles. The van der Waals surface area contributed by atoms with E-state index in [-0.39, 0.29) is 0 Å². The highest BCUT2D eigenvalue weighted by Crippen LogP contribution is 2.04. The Balaban J connectivity index is 2.79. The SMILES string of the molecule is C#Cc1cnc2[nH]ccc2n1. The number of H-pyrrole nitrogens is 1. The lowest BCUT2D eigenvalue weighted by atomic mass is 10.4. The van der Waals surface area contributed by atoms with Gasteiger partial charge in [0.25, 0.3) is 0 Å². The Morgan fingerprint density at radius 1 is 1.55 bits per heavy atom. The molecular formula is C8H5N3. The zero-order chi connectivity index (χ0) is 7.68. The summed E-state index contributed by atoms with van der Waals surface area (Å²) in [6.07, 6.45) is 8.50. The average Bonchev–Trinajstić information content (AvgIpc) is 2.50. The molecule has 2 heterocycles. The molecule has 0 aliphatic heterocycles. The first-order valence-corrected chi connectivity index (χ1v) is 3.17. The van der Waals surface area contributed by atoms with Crippen LogP contribution in [0.2, 0.25) is 0 Å². The van der Waals surface area contributed by atoms with Crippen molar-refractivity contribution in [3.63, 3.8) is 0 Å². The third-order valence-corrected chi connectivity index (χ3v) is 1.41. The third-order valence-electron chi connectivity index (χ3n) is 1.41. The molecule has 0 bridgehead atoms. The lowest BCUT2D eigenvalue weighted by Crippen LogP contribution is -1.84. The van der Waals surface area contributed by atoms with Crippen LogP contribution in [0.5, 0.6) is 0 Å². The van der Waals surface area contributed by atoms with Gasteiger partial charge in [-0.25, -0.2) is 9.97 Å². The Kier molecular flexibility index (Phi) is 1.13. The molecule has 3 nitrogen and oxygen atoms in total. The molecule has 2 rings (SSSR count). The number of nitrogens with one attached hydrogen (secondary N) is 1. The molecule has 0 aromatic carbocycles. The fourth-order valence-electron chi connectivity index (χ4n) is 0.900. The topological polar surface area (TPSA) is 41.6 Å². The minimum Gasteiger partial charge on any atom is -0.345 e. The summed E-state index contributed by atoms with van der Waals surface area (Å²) in [5.74, 6) is 2.42.